The molecule has 2 atom stereocenters. The van der Waals surface area contributed by atoms with E-state index in [4.69, 9.17) is 45.5 Å². The fourth-order valence-corrected chi connectivity index (χ4v) is 16.9. The fraction of sp³-hybridized carbons (Fsp3) is 0.529. The Hall–Kier alpha value is -4.74. The number of carbonyl (C=O) groups excluding carboxylic acids is 1. The molecule has 65 heavy (non-hydrogen) atoms. The molecule has 4 aromatic rings. The van der Waals surface area contributed by atoms with Crippen molar-refractivity contribution in [2.24, 2.45) is 0 Å². The number of fused-ring (bicyclic) bond motifs is 5. The van der Waals surface area contributed by atoms with Gasteiger partial charge in [0.2, 0.25) is 0 Å². The SMILES string of the molecule is C=C1CN2CC(=C)CC2(COc2nc(N3CC4CCC(C3)N4C(=O)OC(C)(C)C)c3cnc(-c4cc(OCOC)cc5ccc(F)c(C#C[Si](C(C)C)(C(C)C)C(C)C)c45)c(Cl)c3n2)C1. The molecule has 4 aliphatic rings. The molecule has 0 spiro atoms. The second kappa shape index (κ2) is 17.8. The highest BCUT2D eigenvalue weighted by molar-refractivity contribution is 6.90. The van der Waals surface area contributed by atoms with E-state index in [9.17, 15) is 4.79 Å². The van der Waals surface area contributed by atoms with Crippen LogP contribution in [0.3, 0.4) is 0 Å². The van der Waals surface area contributed by atoms with Crippen molar-refractivity contribution in [2.45, 2.75) is 128 Å². The van der Waals surface area contributed by atoms with Crippen molar-refractivity contribution in [1.82, 2.24) is 24.8 Å². The van der Waals surface area contributed by atoms with Crippen molar-refractivity contribution in [2.75, 3.05) is 51.6 Å². The average molecular weight is 924 g/mol. The molecule has 2 unspecified atom stereocenters. The molecule has 6 heterocycles. The number of halogens is 2. The maximum Gasteiger partial charge on any atom is 0.410 e. The third kappa shape index (κ3) is 8.72. The third-order valence-corrected chi connectivity index (χ3v) is 20.7. The first kappa shape index (κ1) is 46.8. The first-order valence-electron chi connectivity index (χ1n) is 23.0. The Morgan fingerprint density at radius 1 is 0.985 bits per heavy atom. The van der Waals surface area contributed by atoms with Gasteiger partial charge in [-0.3, -0.25) is 14.8 Å². The lowest BCUT2D eigenvalue weighted by Gasteiger charge is -2.42. The molecule has 0 aliphatic carbocycles. The summed E-state index contributed by atoms with van der Waals surface area (Å²) in [7, 11) is -0.711. The van der Waals surface area contributed by atoms with Gasteiger partial charge in [-0.15, -0.1) is 5.54 Å². The molecule has 2 aromatic carbocycles. The van der Waals surface area contributed by atoms with E-state index in [1.807, 2.05) is 37.8 Å². The summed E-state index contributed by atoms with van der Waals surface area (Å²) >= 11 is 7.62. The maximum absolute atomic E-state index is 16.5. The molecule has 0 radical (unpaired) electrons. The first-order chi connectivity index (χ1) is 30.7. The van der Waals surface area contributed by atoms with Gasteiger partial charge in [-0.25, -0.2) is 9.18 Å². The number of hydrogen-bond acceptors (Lipinski definition) is 10. The van der Waals surface area contributed by atoms with Crippen molar-refractivity contribution in [3.63, 3.8) is 0 Å². The zero-order valence-corrected chi connectivity index (χ0v) is 41.5. The van der Waals surface area contributed by atoms with Gasteiger partial charge in [0.25, 0.3) is 0 Å². The molecule has 2 aromatic heterocycles. The van der Waals surface area contributed by atoms with Crippen LogP contribution in [0.1, 0.15) is 93.6 Å². The highest BCUT2D eigenvalue weighted by Gasteiger charge is 2.49. The molecule has 11 nitrogen and oxygen atoms in total. The minimum Gasteiger partial charge on any atom is -0.468 e. The lowest BCUT2D eigenvalue weighted by atomic mass is 9.92. The van der Waals surface area contributed by atoms with E-state index in [0.29, 0.717) is 86.4 Å². The van der Waals surface area contributed by atoms with Gasteiger partial charge in [0.05, 0.1) is 39.3 Å². The van der Waals surface area contributed by atoms with E-state index in [-0.39, 0.29) is 41.5 Å². The topological polar surface area (TPSA) is 102 Å². The summed E-state index contributed by atoms with van der Waals surface area (Å²) in [6.07, 6.45) is 4.71. The number of amides is 1. The van der Waals surface area contributed by atoms with E-state index in [0.717, 1.165) is 49.9 Å². The number of anilines is 1. The van der Waals surface area contributed by atoms with Gasteiger partial charge in [-0.1, -0.05) is 89.4 Å². The minimum absolute atomic E-state index is 0.00302. The van der Waals surface area contributed by atoms with E-state index in [2.05, 4.69) is 76.0 Å². The van der Waals surface area contributed by atoms with Crippen LogP contribution in [0.5, 0.6) is 11.8 Å². The summed E-state index contributed by atoms with van der Waals surface area (Å²) in [5, 5.41) is 2.17. The van der Waals surface area contributed by atoms with Crippen LogP contribution in [-0.4, -0.2) is 109 Å². The van der Waals surface area contributed by atoms with Crippen molar-refractivity contribution in [1.29, 1.82) is 0 Å². The van der Waals surface area contributed by atoms with Crippen molar-refractivity contribution in [3.05, 3.63) is 71.2 Å². The summed E-state index contributed by atoms with van der Waals surface area (Å²) in [6, 6.07) is 6.91. The van der Waals surface area contributed by atoms with Crippen LogP contribution in [0.2, 0.25) is 21.6 Å². The van der Waals surface area contributed by atoms with E-state index in [1.165, 1.54) is 6.07 Å². The molecule has 14 heteroatoms. The Bertz CT molecular complexity index is 2560. The molecule has 2 bridgehead atoms. The smallest absolute Gasteiger partial charge is 0.410 e. The molecule has 1 amide bonds. The van der Waals surface area contributed by atoms with Crippen LogP contribution in [-0.2, 0) is 9.47 Å². The summed E-state index contributed by atoms with van der Waals surface area (Å²) in [5.41, 5.74) is 7.87. The Morgan fingerprint density at radius 3 is 2.23 bits per heavy atom. The highest BCUT2D eigenvalue weighted by Crippen LogP contribution is 2.46. The number of ether oxygens (including phenoxy) is 4. The third-order valence-electron chi connectivity index (χ3n) is 14.1. The standard InChI is InChI=1S/C51H64ClFN6O5Si/c1-30(2)65(31(3)4,32(5)6)18-17-39-42(53)16-13-35-19-38(63-29-61-12)20-40(43(35)39)45-44(52)46-41(23-54-45)47(57-26-36-14-15-37(27-57)59(36)49(60)64-50(9,10)11)56-48(55-46)62-28-51-21-33(7)24-58(51)25-34(8)22-51/h13,16,19-20,23,30-32,36-37H,7-8,14-15,21-22,24-29H2,1-6,9-12H3. The number of rotatable bonds is 11. The van der Waals surface area contributed by atoms with E-state index < -0.39 is 19.5 Å². The molecule has 8 rings (SSSR count). The fourth-order valence-electron chi connectivity index (χ4n) is 11.4. The molecular weight excluding hydrogens is 859 g/mol. The number of aromatic nitrogens is 3. The Balaban J connectivity index is 1.29. The lowest BCUT2D eigenvalue weighted by molar-refractivity contribution is 0.0122. The molecule has 0 saturated carbocycles. The van der Waals surface area contributed by atoms with Crippen LogP contribution in [0, 0.1) is 17.3 Å². The Kier molecular flexibility index (Phi) is 12.8. The van der Waals surface area contributed by atoms with Gasteiger partial charge in [0.15, 0.2) is 6.79 Å². The monoisotopic (exact) mass is 922 g/mol. The molecule has 4 saturated heterocycles. The van der Waals surface area contributed by atoms with Crippen LogP contribution >= 0.6 is 11.6 Å². The number of hydrogen-bond donors (Lipinski definition) is 0. The Morgan fingerprint density at radius 2 is 1.63 bits per heavy atom. The number of benzene rings is 2. The zero-order chi connectivity index (χ0) is 46.7. The summed E-state index contributed by atoms with van der Waals surface area (Å²) in [6.45, 7) is 30.7. The number of nitrogens with zero attached hydrogens (tertiary/aromatic N) is 6. The van der Waals surface area contributed by atoms with E-state index >= 15 is 4.39 Å². The average Bonchev–Trinajstić information content (AvgIpc) is 3.80. The number of methoxy groups -OCH3 is 1. The number of piperazine rings is 1. The molecule has 0 N–H and O–H groups in total. The number of pyridine rings is 1. The van der Waals surface area contributed by atoms with Gasteiger partial charge in [-0.2, -0.15) is 9.97 Å². The van der Waals surface area contributed by atoms with Crippen LogP contribution in [0.25, 0.3) is 32.9 Å². The van der Waals surface area contributed by atoms with Crippen LogP contribution in [0.4, 0.5) is 15.0 Å². The van der Waals surface area contributed by atoms with Crippen molar-refractivity contribution in [3.8, 4) is 34.5 Å². The van der Waals surface area contributed by atoms with Crippen LogP contribution in [0.15, 0.2) is 54.8 Å². The van der Waals surface area contributed by atoms with Crippen LogP contribution < -0.4 is 14.4 Å². The first-order valence-corrected chi connectivity index (χ1v) is 25.6. The molecule has 4 fully saturated rings. The maximum atomic E-state index is 16.5. The minimum atomic E-state index is -2.27. The zero-order valence-electron chi connectivity index (χ0n) is 39.7. The van der Waals surface area contributed by atoms with Gasteiger partial charge in [-0.05, 0) is 86.7 Å². The van der Waals surface area contributed by atoms with Gasteiger partial charge >= 0.3 is 12.1 Å². The molecular formula is C51H64ClFN6O5Si. The second-order valence-corrected chi connectivity index (χ2v) is 26.6. The Labute approximate surface area is 389 Å². The predicted octanol–water partition coefficient (Wildman–Crippen LogP) is 11.1. The second-order valence-electron chi connectivity index (χ2n) is 20.6. The van der Waals surface area contributed by atoms with Gasteiger partial charge in [0, 0.05) is 50.4 Å². The predicted molar refractivity (Wildman–Crippen MR) is 260 cm³/mol. The lowest BCUT2D eigenvalue weighted by Crippen LogP contribution is -2.57. The van der Waals surface area contributed by atoms with Crippen molar-refractivity contribution < 1.29 is 28.1 Å². The summed E-state index contributed by atoms with van der Waals surface area (Å²) < 4.78 is 40.3. The summed E-state index contributed by atoms with van der Waals surface area (Å²) in [4.78, 5) is 35.2. The van der Waals surface area contributed by atoms with E-state index in [1.54, 1.807) is 19.4 Å². The van der Waals surface area contributed by atoms with Gasteiger partial charge < -0.3 is 23.8 Å². The van der Waals surface area contributed by atoms with Gasteiger partial charge in [0.1, 0.15) is 43.2 Å². The molecule has 4 aliphatic heterocycles. The normalized spacial score (nSPS) is 19.8. The summed E-state index contributed by atoms with van der Waals surface area (Å²) in [5.74, 6) is 4.12. The molecule has 346 valence electrons. The number of carbonyl (C=O) groups is 1. The van der Waals surface area contributed by atoms with Crippen molar-refractivity contribution >= 4 is 53.3 Å². The highest BCUT2D eigenvalue weighted by atomic mass is 35.5. The largest absolute Gasteiger partial charge is 0.468 e. The quantitative estimate of drug-likeness (QED) is 0.0625.